The molecular weight excluding hydrogens is 320 g/mol. The van der Waals surface area contributed by atoms with Gasteiger partial charge in [0.15, 0.2) is 0 Å². The van der Waals surface area contributed by atoms with Gasteiger partial charge in [0.25, 0.3) is 0 Å². The maximum Gasteiger partial charge on any atom is 0.242 e. The maximum atomic E-state index is 12.2. The third kappa shape index (κ3) is 3.17. The van der Waals surface area contributed by atoms with Crippen LogP contribution in [-0.4, -0.2) is 11.2 Å². The van der Waals surface area contributed by atoms with Gasteiger partial charge in [0, 0.05) is 22.0 Å². The molecule has 5 nitrogen and oxygen atoms in total. The molecule has 0 bridgehead atoms. The van der Waals surface area contributed by atoms with Crippen LogP contribution in [0.4, 0.5) is 17.1 Å². The van der Waals surface area contributed by atoms with E-state index in [1.165, 1.54) is 0 Å². The van der Waals surface area contributed by atoms with Crippen LogP contribution in [0.3, 0.4) is 0 Å². The number of carbonyl (C=O) groups excluding carboxylic acids is 1. The van der Waals surface area contributed by atoms with Crippen LogP contribution < -0.4 is 4.90 Å². The van der Waals surface area contributed by atoms with E-state index >= 15 is 0 Å². The molecule has 0 heterocycles. The summed E-state index contributed by atoms with van der Waals surface area (Å²) < 4.78 is 0. The number of halogens is 1. The topological polar surface area (TPSA) is 69.1 Å². The van der Waals surface area contributed by atoms with Crippen molar-refractivity contribution >= 4 is 38.9 Å². The standard InChI is InChI=1S/C14H11BrN4O/c15-10-14(20)19(12-6-2-1-3-7-12)13-8-4-5-11(9-13)17-18-16/h1-9H,10H2. The quantitative estimate of drug-likeness (QED) is 0.347. The number of hydrogen-bond acceptors (Lipinski definition) is 2. The molecule has 0 fully saturated rings. The third-order valence-corrected chi connectivity index (χ3v) is 3.11. The van der Waals surface area contributed by atoms with Crippen LogP contribution in [-0.2, 0) is 4.79 Å². The largest absolute Gasteiger partial charge is 0.280 e. The predicted molar refractivity (Wildman–Crippen MR) is 82.6 cm³/mol. The zero-order valence-corrected chi connectivity index (χ0v) is 12.1. The molecule has 0 spiro atoms. The Morgan fingerprint density at radius 3 is 2.50 bits per heavy atom. The van der Waals surface area contributed by atoms with E-state index < -0.39 is 0 Å². The van der Waals surface area contributed by atoms with Crippen molar-refractivity contribution in [3.63, 3.8) is 0 Å². The Balaban J connectivity index is 2.49. The lowest BCUT2D eigenvalue weighted by molar-refractivity contribution is -0.115. The summed E-state index contributed by atoms with van der Waals surface area (Å²) in [4.78, 5) is 16.5. The van der Waals surface area contributed by atoms with Gasteiger partial charge < -0.3 is 0 Å². The Morgan fingerprint density at radius 1 is 1.15 bits per heavy atom. The molecule has 2 rings (SSSR count). The molecular formula is C14H11BrN4O. The van der Waals surface area contributed by atoms with Gasteiger partial charge in [-0.25, -0.2) is 0 Å². The van der Waals surface area contributed by atoms with E-state index in [0.717, 1.165) is 5.69 Å². The number of azide groups is 1. The molecule has 2 aromatic rings. The van der Waals surface area contributed by atoms with E-state index in [0.29, 0.717) is 11.4 Å². The van der Waals surface area contributed by atoms with Crippen LogP contribution in [0.2, 0.25) is 0 Å². The average Bonchev–Trinajstić information content (AvgIpc) is 2.49. The van der Waals surface area contributed by atoms with Crippen molar-refractivity contribution in [2.75, 3.05) is 10.2 Å². The minimum absolute atomic E-state index is 0.103. The number of rotatable bonds is 4. The van der Waals surface area contributed by atoms with Gasteiger partial charge in [-0.3, -0.25) is 9.69 Å². The molecule has 0 saturated heterocycles. The van der Waals surface area contributed by atoms with Crippen LogP contribution in [0.1, 0.15) is 0 Å². The molecule has 0 aromatic heterocycles. The maximum absolute atomic E-state index is 12.2. The van der Waals surface area contributed by atoms with E-state index in [1.54, 1.807) is 29.2 Å². The van der Waals surface area contributed by atoms with Crippen molar-refractivity contribution in [3.8, 4) is 0 Å². The summed E-state index contributed by atoms with van der Waals surface area (Å²) in [5.41, 5.74) is 10.4. The summed E-state index contributed by atoms with van der Waals surface area (Å²) in [6, 6.07) is 16.2. The van der Waals surface area contributed by atoms with E-state index in [9.17, 15) is 4.79 Å². The molecule has 0 saturated carbocycles. The number of nitrogens with zero attached hydrogens (tertiary/aromatic N) is 4. The molecule has 20 heavy (non-hydrogen) atoms. The van der Waals surface area contributed by atoms with Crippen molar-refractivity contribution in [1.29, 1.82) is 0 Å². The summed E-state index contributed by atoms with van der Waals surface area (Å²) in [6.07, 6.45) is 0. The van der Waals surface area contributed by atoms with Crippen LogP contribution in [0.25, 0.3) is 10.4 Å². The Morgan fingerprint density at radius 2 is 1.85 bits per heavy atom. The normalized spacial score (nSPS) is 9.65. The first-order valence-electron chi connectivity index (χ1n) is 5.85. The van der Waals surface area contributed by atoms with Crippen LogP contribution in [0, 0.1) is 0 Å². The fraction of sp³-hybridized carbons (Fsp3) is 0.0714. The van der Waals surface area contributed by atoms with E-state index in [1.807, 2.05) is 30.3 Å². The van der Waals surface area contributed by atoms with Crippen molar-refractivity contribution in [2.24, 2.45) is 5.11 Å². The molecule has 0 radical (unpaired) electrons. The number of hydrogen-bond donors (Lipinski definition) is 0. The summed E-state index contributed by atoms with van der Waals surface area (Å²) >= 11 is 3.19. The minimum Gasteiger partial charge on any atom is -0.280 e. The number of para-hydroxylation sites is 1. The Kier molecular flexibility index (Phi) is 4.76. The first-order valence-corrected chi connectivity index (χ1v) is 6.97. The van der Waals surface area contributed by atoms with Crippen LogP contribution in [0.15, 0.2) is 59.7 Å². The second-order valence-electron chi connectivity index (χ2n) is 3.91. The molecule has 0 unspecified atom stereocenters. The highest BCUT2D eigenvalue weighted by Crippen LogP contribution is 2.29. The first-order chi connectivity index (χ1) is 9.76. The van der Waals surface area contributed by atoms with Crippen LogP contribution >= 0.6 is 15.9 Å². The molecule has 6 heteroatoms. The highest BCUT2D eigenvalue weighted by Gasteiger charge is 2.16. The molecule has 0 atom stereocenters. The minimum atomic E-state index is -0.103. The zero-order valence-electron chi connectivity index (χ0n) is 10.5. The summed E-state index contributed by atoms with van der Waals surface area (Å²) in [7, 11) is 0. The van der Waals surface area contributed by atoms with E-state index in [2.05, 4.69) is 26.0 Å². The van der Waals surface area contributed by atoms with Gasteiger partial charge in [-0.1, -0.05) is 51.4 Å². The second-order valence-corrected chi connectivity index (χ2v) is 4.47. The lowest BCUT2D eigenvalue weighted by Gasteiger charge is -2.22. The number of alkyl halides is 1. The Hall–Kier alpha value is -2.30. The molecule has 2 aromatic carbocycles. The van der Waals surface area contributed by atoms with Gasteiger partial charge in [0.1, 0.15) is 0 Å². The van der Waals surface area contributed by atoms with Gasteiger partial charge >= 0.3 is 0 Å². The van der Waals surface area contributed by atoms with Crippen LogP contribution in [0.5, 0.6) is 0 Å². The Bertz CT molecular complexity index is 653. The number of anilines is 2. The number of amides is 1. The smallest absolute Gasteiger partial charge is 0.242 e. The summed E-state index contributed by atoms with van der Waals surface area (Å²) in [5.74, 6) is -0.103. The highest BCUT2D eigenvalue weighted by molar-refractivity contribution is 9.09. The SMILES string of the molecule is [N-]=[N+]=Nc1cccc(N(C(=O)CBr)c2ccccc2)c1. The van der Waals surface area contributed by atoms with Crippen molar-refractivity contribution < 1.29 is 4.79 Å². The fourth-order valence-electron chi connectivity index (χ4n) is 1.82. The van der Waals surface area contributed by atoms with E-state index in [-0.39, 0.29) is 11.2 Å². The van der Waals surface area contributed by atoms with Crippen molar-refractivity contribution in [3.05, 3.63) is 65.0 Å². The molecule has 0 aliphatic heterocycles. The van der Waals surface area contributed by atoms with Crippen molar-refractivity contribution in [2.45, 2.75) is 0 Å². The van der Waals surface area contributed by atoms with E-state index in [4.69, 9.17) is 5.53 Å². The number of carbonyl (C=O) groups is 1. The van der Waals surface area contributed by atoms with Gasteiger partial charge in [-0.15, -0.1) is 0 Å². The average molecular weight is 331 g/mol. The third-order valence-electron chi connectivity index (χ3n) is 2.63. The van der Waals surface area contributed by atoms with Gasteiger partial charge in [-0.05, 0) is 29.8 Å². The number of benzene rings is 2. The lowest BCUT2D eigenvalue weighted by atomic mass is 10.2. The Labute approximate surface area is 124 Å². The summed E-state index contributed by atoms with van der Waals surface area (Å²) in [5, 5.41) is 3.76. The molecule has 0 aliphatic carbocycles. The van der Waals surface area contributed by atoms with Gasteiger partial charge in [0.2, 0.25) is 5.91 Å². The highest BCUT2D eigenvalue weighted by atomic mass is 79.9. The second kappa shape index (κ2) is 6.75. The van der Waals surface area contributed by atoms with Gasteiger partial charge in [0.05, 0.1) is 5.33 Å². The fourth-order valence-corrected chi connectivity index (χ4v) is 2.07. The summed E-state index contributed by atoms with van der Waals surface area (Å²) in [6.45, 7) is 0. The van der Waals surface area contributed by atoms with Gasteiger partial charge in [-0.2, -0.15) is 0 Å². The predicted octanol–water partition coefficient (Wildman–Crippen LogP) is 4.69. The monoisotopic (exact) mass is 330 g/mol. The van der Waals surface area contributed by atoms with Crippen molar-refractivity contribution in [1.82, 2.24) is 0 Å². The lowest BCUT2D eigenvalue weighted by Crippen LogP contribution is -2.26. The first kappa shape index (κ1) is 14.1. The molecule has 0 N–H and O–H groups in total. The molecule has 0 aliphatic rings. The molecule has 100 valence electrons. The molecule has 1 amide bonds. The zero-order chi connectivity index (χ0) is 14.4.